The number of nitrogens with one attached hydrogen (secondary N) is 1. The maximum Gasteiger partial charge on any atom is 0.272 e. The first kappa shape index (κ1) is 15.9. The molecule has 0 radical (unpaired) electrons. The Bertz CT molecular complexity index is 751. The Hall–Kier alpha value is -2.97. The zero-order valence-corrected chi connectivity index (χ0v) is 13.5. The minimum atomic E-state index is -0.176. The van der Waals surface area contributed by atoms with Crippen molar-refractivity contribution in [2.24, 2.45) is 0 Å². The molecular formula is C15H18N6O3. The van der Waals surface area contributed by atoms with E-state index in [9.17, 15) is 9.59 Å². The minimum absolute atomic E-state index is 0.176. The van der Waals surface area contributed by atoms with Gasteiger partial charge in [0.1, 0.15) is 11.5 Å². The number of carbonyl (C=O) groups excluding carboxylic acids is 2. The van der Waals surface area contributed by atoms with Crippen molar-refractivity contribution in [3.05, 3.63) is 29.3 Å². The number of piperazine rings is 1. The Morgan fingerprint density at radius 1 is 1.21 bits per heavy atom. The zero-order chi connectivity index (χ0) is 17.1. The molecule has 0 aliphatic carbocycles. The predicted molar refractivity (Wildman–Crippen MR) is 84.8 cm³/mol. The molecule has 2 aromatic rings. The normalized spacial score (nSPS) is 14.6. The van der Waals surface area contributed by atoms with Crippen molar-refractivity contribution in [1.82, 2.24) is 24.9 Å². The standard InChI is InChI=1S/C15H18N6O3/c1-10-7-12(14(23)21-5-3-20(9-22)4-6-21)17-15(16-10)18-13-8-11(2)24-19-13/h7-9H,3-6H2,1-2H3,(H,16,17,18,19). The van der Waals surface area contributed by atoms with Crippen molar-refractivity contribution in [2.75, 3.05) is 31.5 Å². The number of aromatic nitrogens is 3. The molecule has 1 saturated heterocycles. The van der Waals surface area contributed by atoms with Gasteiger partial charge in [-0.3, -0.25) is 9.59 Å². The first-order valence-electron chi connectivity index (χ1n) is 7.60. The van der Waals surface area contributed by atoms with Crippen LogP contribution in [0.4, 0.5) is 11.8 Å². The number of rotatable bonds is 4. The second-order valence-electron chi connectivity index (χ2n) is 5.60. The molecule has 0 bridgehead atoms. The summed E-state index contributed by atoms with van der Waals surface area (Å²) in [4.78, 5) is 35.2. The quantitative estimate of drug-likeness (QED) is 0.824. The molecule has 0 aromatic carbocycles. The van der Waals surface area contributed by atoms with Crippen molar-refractivity contribution >= 4 is 24.1 Å². The van der Waals surface area contributed by atoms with Gasteiger partial charge in [0.2, 0.25) is 12.4 Å². The lowest BCUT2D eigenvalue weighted by Crippen LogP contribution is -2.48. The lowest BCUT2D eigenvalue weighted by molar-refractivity contribution is -0.119. The summed E-state index contributed by atoms with van der Waals surface area (Å²) in [6, 6.07) is 3.36. The Kier molecular flexibility index (Phi) is 4.41. The van der Waals surface area contributed by atoms with Crippen LogP contribution >= 0.6 is 0 Å². The lowest BCUT2D eigenvalue weighted by atomic mass is 10.2. The SMILES string of the molecule is Cc1cc(C(=O)N2CCN(C=O)CC2)nc(Nc2cc(C)on2)n1. The van der Waals surface area contributed by atoms with E-state index in [1.54, 1.807) is 35.8 Å². The van der Waals surface area contributed by atoms with Gasteiger partial charge in [0.05, 0.1) is 0 Å². The topological polar surface area (TPSA) is 104 Å². The predicted octanol–water partition coefficient (Wildman–Crippen LogP) is 0.739. The summed E-state index contributed by atoms with van der Waals surface area (Å²) >= 11 is 0. The maximum atomic E-state index is 12.6. The van der Waals surface area contributed by atoms with Gasteiger partial charge in [-0.2, -0.15) is 0 Å². The van der Waals surface area contributed by atoms with E-state index in [0.29, 0.717) is 49.1 Å². The van der Waals surface area contributed by atoms with E-state index < -0.39 is 0 Å². The van der Waals surface area contributed by atoms with E-state index >= 15 is 0 Å². The van der Waals surface area contributed by atoms with E-state index in [-0.39, 0.29) is 11.9 Å². The summed E-state index contributed by atoms with van der Waals surface area (Å²) in [5.74, 6) is 1.26. The second-order valence-corrected chi connectivity index (χ2v) is 5.60. The highest BCUT2D eigenvalue weighted by atomic mass is 16.5. The third kappa shape index (κ3) is 3.50. The van der Waals surface area contributed by atoms with Gasteiger partial charge in [0.25, 0.3) is 5.91 Å². The van der Waals surface area contributed by atoms with E-state index in [0.717, 1.165) is 6.41 Å². The fourth-order valence-corrected chi connectivity index (χ4v) is 2.47. The number of hydrogen-bond donors (Lipinski definition) is 1. The van der Waals surface area contributed by atoms with Crippen LogP contribution in [0.15, 0.2) is 16.7 Å². The Balaban J connectivity index is 1.75. The zero-order valence-electron chi connectivity index (χ0n) is 13.5. The largest absolute Gasteiger partial charge is 0.360 e. The smallest absolute Gasteiger partial charge is 0.272 e. The van der Waals surface area contributed by atoms with Gasteiger partial charge in [0, 0.05) is 37.9 Å². The van der Waals surface area contributed by atoms with Crippen LogP contribution in [-0.2, 0) is 4.79 Å². The van der Waals surface area contributed by atoms with Gasteiger partial charge in [-0.05, 0) is 19.9 Å². The van der Waals surface area contributed by atoms with Crippen molar-refractivity contribution < 1.29 is 14.1 Å². The van der Waals surface area contributed by atoms with Crippen LogP contribution in [0, 0.1) is 13.8 Å². The first-order chi connectivity index (χ1) is 11.5. The van der Waals surface area contributed by atoms with E-state index in [2.05, 4.69) is 20.4 Å². The van der Waals surface area contributed by atoms with Crippen molar-refractivity contribution in [2.45, 2.75) is 13.8 Å². The Morgan fingerprint density at radius 3 is 2.58 bits per heavy atom. The molecule has 1 N–H and O–H groups in total. The molecule has 0 spiro atoms. The molecule has 1 aliphatic heterocycles. The van der Waals surface area contributed by atoms with E-state index in [1.807, 2.05) is 0 Å². The molecule has 1 aliphatic rings. The van der Waals surface area contributed by atoms with Gasteiger partial charge in [-0.15, -0.1) is 0 Å². The summed E-state index contributed by atoms with van der Waals surface area (Å²) in [7, 11) is 0. The maximum absolute atomic E-state index is 12.6. The number of carbonyl (C=O) groups is 2. The summed E-state index contributed by atoms with van der Waals surface area (Å²) in [5.41, 5.74) is 0.979. The van der Waals surface area contributed by atoms with Crippen molar-refractivity contribution in [3.8, 4) is 0 Å². The molecule has 2 amide bonds. The molecule has 9 nitrogen and oxygen atoms in total. The summed E-state index contributed by atoms with van der Waals surface area (Å²) in [6.07, 6.45) is 0.804. The van der Waals surface area contributed by atoms with Gasteiger partial charge in [-0.1, -0.05) is 5.16 Å². The van der Waals surface area contributed by atoms with Crippen LogP contribution < -0.4 is 5.32 Å². The average Bonchev–Trinajstić information content (AvgIpc) is 2.98. The highest BCUT2D eigenvalue weighted by Gasteiger charge is 2.23. The van der Waals surface area contributed by atoms with Crippen LogP contribution in [0.1, 0.15) is 21.9 Å². The second kappa shape index (κ2) is 6.65. The molecule has 3 rings (SSSR count). The van der Waals surface area contributed by atoms with E-state index in [1.165, 1.54) is 0 Å². The molecule has 2 aromatic heterocycles. The molecule has 0 atom stereocenters. The van der Waals surface area contributed by atoms with Gasteiger partial charge >= 0.3 is 0 Å². The molecule has 3 heterocycles. The molecular weight excluding hydrogens is 312 g/mol. The van der Waals surface area contributed by atoms with Gasteiger partial charge < -0.3 is 19.6 Å². The molecule has 1 fully saturated rings. The summed E-state index contributed by atoms with van der Waals surface area (Å²) in [5, 5.41) is 6.75. The lowest BCUT2D eigenvalue weighted by Gasteiger charge is -2.32. The number of anilines is 2. The van der Waals surface area contributed by atoms with E-state index in [4.69, 9.17) is 4.52 Å². The molecule has 0 unspecified atom stereocenters. The highest BCUT2D eigenvalue weighted by Crippen LogP contribution is 2.15. The van der Waals surface area contributed by atoms with Crippen molar-refractivity contribution in [1.29, 1.82) is 0 Å². The number of nitrogens with zero attached hydrogens (tertiary/aromatic N) is 5. The molecule has 0 saturated carbocycles. The Labute approximate surface area is 138 Å². The third-order valence-electron chi connectivity index (χ3n) is 3.69. The monoisotopic (exact) mass is 330 g/mol. The third-order valence-corrected chi connectivity index (χ3v) is 3.69. The number of aryl methyl sites for hydroxylation is 2. The fourth-order valence-electron chi connectivity index (χ4n) is 2.47. The number of amides is 2. The molecule has 24 heavy (non-hydrogen) atoms. The minimum Gasteiger partial charge on any atom is -0.360 e. The van der Waals surface area contributed by atoms with Gasteiger partial charge in [0.15, 0.2) is 5.82 Å². The summed E-state index contributed by atoms with van der Waals surface area (Å²) < 4.78 is 4.98. The van der Waals surface area contributed by atoms with Crippen molar-refractivity contribution in [3.63, 3.8) is 0 Å². The van der Waals surface area contributed by atoms with Crippen LogP contribution in [0.2, 0.25) is 0 Å². The van der Waals surface area contributed by atoms with Crippen LogP contribution in [0.25, 0.3) is 0 Å². The first-order valence-corrected chi connectivity index (χ1v) is 7.60. The molecule has 126 valence electrons. The summed E-state index contributed by atoms with van der Waals surface area (Å²) in [6.45, 7) is 5.62. The average molecular weight is 330 g/mol. The Morgan fingerprint density at radius 2 is 1.96 bits per heavy atom. The molecule has 9 heteroatoms. The number of hydrogen-bond acceptors (Lipinski definition) is 7. The van der Waals surface area contributed by atoms with Crippen LogP contribution in [-0.4, -0.2) is 63.4 Å². The van der Waals surface area contributed by atoms with Gasteiger partial charge in [-0.25, -0.2) is 9.97 Å². The van der Waals surface area contributed by atoms with Crippen LogP contribution in [0.5, 0.6) is 0 Å². The fraction of sp³-hybridized carbons (Fsp3) is 0.400. The highest BCUT2D eigenvalue weighted by molar-refractivity contribution is 5.92. The van der Waals surface area contributed by atoms with Crippen LogP contribution in [0.3, 0.4) is 0 Å².